The molecule has 1 atom stereocenters. The molecule has 0 unspecified atom stereocenters. The number of thiazole rings is 1. The number of fused-ring (bicyclic) bond motifs is 1. The lowest BCUT2D eigenvalue weighted by Crippen LogP contribution is -2.33. The summed E-state index contributed by atoms with van der Waals surface area (Å²) in [6.45, 7) is 6.01. The molecule has 0 fully saturated rings. The lowest BCUT2D eigenvalue weighted by atomic mass is 10.1. The number of hydrogen-bond acceptors (Lipinski definition) is 4. The Hall–Kier alpha value is -2.40. The van der Waals surface area contributed by atoms with Crippen LogP contribution in [0.2, 0.25) is 0 Å². The topological polar surface area (TPSA) is 42.4 Å². The molecule has 1 amide bonds. The number of carbonyl (C=O) groups is 1. The fraction of sp³-hybridized carbons (Fsp3) is 0.300. The Balaban J connectivity index is 1.67. The van der Waals surface area contributed by atoms with Crippen LogP contribution < -0.4 is 4.74 Å². The van der Waals surface area contributed by atoms with Crippen molar-refractivity contribution in [3.63, 3.8) is 0 Å². The Bertz CT molecular complexity index is 871. The predicted molar refractivity (Wildman–Crippen MR) is 102 cm³/mol. The van der Waals surface area contributed by atoms with Crippen molar-refractivity contribution in [1.29, 1.82) is 0 Å². The summed E-state index contributed by atoms with van der Waals surface area (Å²) in [5, 5.41) is 0.934. The number of aryl methyl sites for hydroxylation is 2. The van der Waals surface area contributed by atoms with E-state index in [9.17, 15) is 4.79 Å². The van der Waals surface area contributed by atoms with E-state index >= 15 is 0 Å². The fourth-order valence-electron chi connectivity index (χ4n) is 2.55. The summed E-state index contributed by atoms with van der Waals surface area (Å²) in [5.41, 5.74) is 3.12. The molecule has 130 valence electrons. The summed E-state index contributed by atoms with van der Waals surface area (Å²) < 4.78 is 6.87. The summed E-state index contributed by atoms with van der Waals surface area (Å²) in [4.78, 5) is 18.9. The molecule has 2 aromatic carbocycles. The summed E-state index contributed by atoms with van der Waals surface area (Å²) in [6.07, 6.45) is 0. The lowest BCUT2D eigenvalue weighted by Gasteiger charge is -2.23. The smallest absolute Gasteiger partial charge is 0.260 e. The first-order chi connectivity index (χ1) is 12.0. The molecule has 5 heteroatoms. The molecular weight excluding hydrogens is 332 g/mol. The van der Waals surface area contributed by atoms with Gasteiger partial charge in [0.2, 0.25) is 0 Å². The van der Waals surface area contributed by atoms with Crippen molar-refractivity contribution in [2.45, 2.75) is 26.8 Å². The van der Waals surface area contributed by atoms with Crippen molar-refractivity contribution in [3.8, 4) is 5.75 Å². The Morgan fingerprint density at radius 3 is 2.76 bits per heavy atom. The van der Waals surface area contributed by atoms with Gasteiger partial charge >= 0.3 is 0 Å². The molecule has 0 aliphatic rings. The van der Waals surface area contributed by atoms with Crippen molar-refractivity contribution < 1.29 is 9.53 Å². The number of amides is 1. The van der Waals surface area contributed by atoms with Crippen LogP contribution in [0.5, 0.6) is 5.75 Å². The van der Waals surface area contributed by atoms with Gasteiger partial charge in [-0.3, -0.25) is 4.79 Å². The average Bonchev–Trinajstić information content (AvgIpc) is 3.05. The second-order valence-corrected chi connectivity index (χ2v) is 7.32. The van der Waals surface area contributed by atoms with Gasteiger partial charge in [0.05, 0.1) is 16.3 Å². The van der Waals surface area contributed by atoms with E-state index in [1.807, 2.05) is 57.2 Å². The van der Waals surface area contributed by atoms with Gasteiger partial charge in [0.15, 0.2) is 6.61 Å². The highest BCUT2D eigenvalue weighted by molar-refractivity contribution is 7.18. The van der Waals surface area contributed by atoms with E-state index in [2.05, 4.69) is 11.1 Å². The molecule has 0 radical (unpaired) electrons. The van der Waals surface area contributed by atoms with Crippen molar-refractivity contribution in [2.24, 2.45) is 0 Å². The molecule has 0 spiro atoms. The molecular formula is C20H22N2O2S. The standard InChI is InChI=1S/C20H22N2O2S/c1-13-9-10-14(2)17(11-13)24-12-19(23)22(4)15(3)20-21-16-7-5-6-8-18(16)25-20/h5-11,15H,12H2,1-4H3/t15-/m0/s1. The number of aromatic nitrogens is 1. The van der Waals surface area contributed by atoms with Crippen LogP contribution in [0.1, 0.15) is 29.1 Å². The summed E-state index contributed by atoms with van der Waals surface area (Å²) >= 11 is 1.62. The molecule has 25 heavy (non-hydrogen) atoms. The minimum Gasteiger partial charge on any atom is -0.483 e. The molecule has 0 saturated heterocycles. The second-order valence-electron chi connectivity index (χ2n) is 6.26. The molecule has 3 rings (SSSR count). The Morgan fingerprint density at radius 2 is 2.00 bits per heavy atom. The number of carbonyl (C=O) groups excluding carboxylic acids is 1. The van der Waals surface area contributed by atoms with E-state index in [1.165, 1.54) is 0 Å². The summed E-state index contributed by atoms with van der Waals surface area (Å²) in [5.74, 6) is 0.696. The zero-order valence-electron chi connectivity index (χ0n) is 14.9. The molecule has 0 N–H and O–H groups in total. The highest BCUT2D eigenvalue weighted by Crippen LogP contribution is 2.29. The van der Waals surface area contributed by atoms with Gasteiger partial charge in [0, 0.05) is 7.05 Å². The maximum absolute atomic E-state index is 12.5. The fourth-order valence-corrected chi connectivity index (χ4v) is 3.62. The van der Waals surface area contributed by atoms with Crippen molar-refractivity contribution in [3.05, 3.63) is 58.6 Å². The van der Waals surface area contributed by atoms with Gasteiger partial charge in [0.25, 0.3) is 5.91 Å². The SMILES string of the molecule is Cc1ccc(C)c(OCC(=O)N(C)[C@@H](C)c2nc3ccccc3s2)c1. The normalized spacial score (nSPS) is 12.2. The highest BCUT2D eigenvalue weighted by Gasteiger charge is 2.21. The van der Waals surface area contributed by atoms with Crippen LogP contribution in [-0.2, 0) is 4.79 Å². The van der Waals surface area contributed by atoms with Crippen LogP contribution in [0.3, 0.4) is 0 Å². The van der Waals surface area contributed by atoms with E-state index in [4.69, 9.17) is 4.74 Å². The maximum atomic E-state index is 12.5. The van der Waals surface area contributed by atoms with Crippen LogP contribution in [-0.4, -0.2) is 29.4 Å². The van der Waals surface area contributed by atoms with Gasteiger partial charge in [-0.15, -0.1) is 11.3 Å². The molecule has 0 aliphatic heterocycles. The number of rotatable bonds is 5. The number of likely N-dealkylation sites (N-methyl/N-ethyl adjacent to an activating group) is 1. The number of benzene rings is 2. The first-order valence-corrected chi connectivity index (χ1v) is 9.08. The third kappa shape index (κ3) is 3.82. The molecule has 0 aliphatic carbocycles. The predicted octanol–water partition coefficient (Wildman–Crippen LogP) is 4.51. The first kappa shape index (κ1) is 17.4. The van der Waals surface area contributed by atoms with Crippen molar-refractivity contribution in [2.75, 3.05) is 13.7 Å². The molecule has 0 saturated carbocycles. The average molecular weight is 354 g/mol. The number of ether oxygens (including phenoxy) is 1. The third-order valence-corrected chi connectivity index (χ3v) is 5.54. The van der Waals surface area contributed by atoms with Gasteiger partial charge < -0.3 is 9.64 Å². The van der Waals surface area contributed by atoms with Gasteiger partial charge in [-0.1, -0.05) is 24.3 Å². The maximum Gasteiger partial charge on any atom is 0.260 e. The zero-order chi connectivity index (χ0) is 18.0. The van der Waals surface area contributed by atoms with Crippen LogP contribution in [0.4, 0.5) is 0 Å². The van der Waals surface area contributed by atoms with Crippen LogP contribution in [0.15, 0.2) is 42.5 Å². The van der Waals surface area contributed by atoms with E-state index in [1.54, 1.807) is 23.3 Å². The minimum absolute atomic E-state index is 0.0238. The van der Waals surface area contributed by atoms with Crippen LogP contribution >= 0.6 is 11.3 Å². The zero-order valence-corrected chi connectivity index (χ0v) is 15.8. The van der Waals surface area contributed by atoms with Crippen LogP contribution in [0, 0.1) is 13.8 Å². The molecule has 0 bridgehead atoms. The highest BCUT2D eigenvalue weighted by atomic mass is 32.1. The Kier molecular flexibility index (Phi) is 5.04. The molecule has 4 nitrogen and oxygen atoms in total. The first-order valence-electron chi connectivity index (χ1n) is 8.27. The second kappa shape index (κ2) is 7.23. The molecule has 1 heterocycles. The van der Waals surface area contributed by atoms with Crippen molar-refractivity contribution >= 4 is 27.5 Å². The van der Waals surface area contributed by atoms with Gasteiger partial charge in [-0.05, 0) is 50.1 Å². The summed E-state index contributed by atoms with van der Waals surface area (Å²) in [7, 11) is 1.80. The van der Waals surface area contributed by atoms with E-state index in [-0.39, 0.29) is 18.6 Å². The van der Waals surface area contributed by atoms with E-state index in [0.717, 1.165) is 32.1 Å². The van der Waals surface area contributed by atoms with Crippen molar-refractivity contribution in [1.82, 2.24) is 9.88 Å². The third-order valence-electron chi connectivity index (χ3n) is 4.34. The number of para-hydroxylation sites is 1. The Labute approximate surface area is 152 Å². The molecule has 3 aromatic rings. The van der Waals surface area contributed by atoms with E-state index in [0.29, 0.717) is 0 Å². The Morgan fingerprint density at radius 1 is 1.24 bits per heavy atom. The quantitative estimate of drug-likeness (QED) is 0.677. The van der Waals surface area contributed by atoms with Gasteiger partial charge in [-0.2, -0.15) is 0 Å². The number of hydrogen-bond donors (Lipinski definition) is 0. The number of nitrogens with zero attached hydrogens (tertiary/aromatic N) is 2. The van der Waals surface area contributed by atoms with Crippen LogP contribution in [0.25, 0.3) is 10.2 Å². The molecule has 1 aromatic heterocycles. The minimum atomic E-state index is -0.0906. The largest absolute Gasteiger partial charge is 0.483 e. The summed E-state index contributed by atoms with van der Waals surface area (Å²) in [6, 6.07) is 13.9. The van der Waals surface area contributed by atoms with Gasteiger partial charge in [-0.25, -0.2) is 4.98 Å². The monoisotopic (exact) mass is 354 g/mol. The lowest BCUT2D eigenvalue weighted by molar-refractivity contribution is -0.134. The van der Waals surface area contributed by atoms with Gasteiger partial charge in [0.1, 0.15) is 10.8 Å². The van der Waals surface area contributed by atoms with E-state index < -0.39 is 0 Å².